The molecule has 0 bridgehead atoms. The molecule has 0 saturated carbocycles. The van der Waals surface area contributed by atoms with E-state index >= 15 is 0 Å². The van der Waals surface area contributed by atoms with Crippen molar-refractivity contribution >= 4 is 11.8 Å². The van der Waals surface area contributed by atoms with Gasteiger partial charge in [0.2, 0.25) is 11.8 Å². The Balaban J connectivity index is 1.93. The molecule has 2 rings (SSSR count). The van der Waals surface area contributed by atoms with Crippen LogP contribution in [0.2, 0.25) is 0 Å². The van der Waals surface area contributed by atoms with Crippen LogP contribution in [-0.4, -0.2) is 66.4 Å². The summed E-state index contributed by atoms with van der Waals surface area (Å²) in [6.45, 7) is 8.37. The maximum atomic E-state index is 12.2. The van der Waals surface area contributed by atoms with E-state index < -0.39 is 0 Å². The molecule has 0 N–H and O–H groups in total. The molecule has 5 heteroatoms. The molecule has 0 aliphatic carbocycles. The van der Waals surface area contributed by atoms with Gasteiger partial charge in [-0.15, -0.1) is 0 Å². The second-order valence-corrected chi connectivity index (χ2v) is 5.78. The Labute approximate surface area is 109 Å². The molecule has 2 aliphatic heterocycles. The second-order valence-electron chi connectivity index (χ2n) is 5.78. The van der Waals surface area contributed by atoms with Crippen LogP contribution in [0.5, 0.6) is 0 Å². The zero-order valence-corrected chi connectivity index (χ0v) is 11.6. The van der Waals surface area contributed by atoms with Gasteiger partial charge >= 0.3 is 0 Å². The molecule has 0 aromatic heterocycles. The highest BCUT2D eigenvalue weighted by Crippen LogP contribution is 2.26. The topological polar surface area (TPSA) is 43.9 Å². The van der Waals surface area contributed by atoms with Gasteiger partial charge in [0.25, 0.3) is 0 Å². The first kappa shape index (κ1) is 13.5. The van der Waals surface area contributed by atoms with E-state index in [0.717, 1.165) is 26.2 Å². The van der Waals surface area contributed by atoms with Gasteiger partial charge in [-0.25, -0.2) is 0 Å². The van der Waals surface area contributed by atoms with Crippen molar-refractivity contribution in [1.82, 2.24) is 14.7 Å². The summed E-state index contributed by atoms with van der Waals surface area (Å²) in [5.74, 6) is 0.162. The van der Waals surface area contributed by atoms with Crippen molar-refractivity contribution in [2.75, 3.05) is 39.9 Å². The van der Waals surface area contributed by atoms with E-state index in [2.05, 4.69) is 16.8 Å². The molecule has 0 aromatic carbocycles. The Morgan fingerprint density at radius 3 is 2.28 bits per heavy atom. The summed E-state index contributed by atoms with van der Waals surface area (Å²) in [4.78, 5) is 30.0. The summed E-state index contributed by atoms with van der Waals surface area (Å²) in [7, 11) is 2.10. The fraction of sp³-hybridized carbons (Fsp3) is 0.846. The van der Waals surface area contributed by atoms with E-state index in [1.165, 1.54) is 4.90 Å². The molecular weight excluding hydrogens is 230 g/mol. The van der Waals surface area contributed by atoms with E-state index in [1.807, 2.05) is 13.8 Å². The number of likely N-dealkylation sites (N-methyl/N-ethyl adjacent to an activating group) is 1. The smallest absolute Gasteiger partial charge is 0.234 e. The van der Waals surface area contributed by atoms with Gasteiger partial charge in [0.05, 0.1) is 6.67 Å². The number of imide groups is 1. The Kier molecular flexibility index (Phi) is 4.02. The first-order valence-electron chi connectivity index (χ1n) is 6.74. The summed E-state index contributed by atoms with van der Waals surface area (Å²) in [5.41, 5.74) is 0. The Bertz CT molecular complexity index is 335. The maximum Gasteiger partial charge on any atom is 0.234 e. The molecule has 5 nitrogen and oxygen atoms in total. The molecule has 1 unspecified atom stereocenters. The summed E-state index contributed by atoms with van der Waals surface area (Å²) in [6, 6.07) is 0. The minimum Gasteiger partial charge on any atom is -0.304 e. The minimum absolute atomic E-state index is 0.00220. The first-order chi connectivity index (χ1) is 8.49. The summed E-state index contributed by atoms with van der Waals surface area (Å²) < 4.78 is 0. The van der Waals surface area contributed by atoms with Crippen molar-refractivity contribution in [2.45, 2.75) is 20.3 Å². The average molecular weight is 253 g/mol. The van der Waals surface area contributed by atoms with Crippen molar-refractivity contribution in [1.29, 1.82) is 0 Å². The fourth-order valence-electron chi connectivity index (χ4n) is 2.57. The van der Waals surface area contributed by atoms with Gasteiger partial charge in [-0.2, -0.15) is 0 Å². The third-order valence-electron chi connectivity index (χ3n) is 4.02. The largest absolute Gasteiger partial charge is 0.304 e. The van der Waals surface area contributed by atoms with Gasteiger partial charge in [0.15, 0.2) is 0 Å². The lowest BCUT2D eigenvalue weighted by molar-refractivity contribution is -0.142. The number of likely N-dealkylation sites (tertiary alicyclic amines) is 1. The Morgan fingerprint density at radius 1 is 1.17 bits per heavy atom. The lowest BCUT2D eigenvalue weighted by atomic mass is 9.94. The fourth-order valence-corrected chi connectivity index (χ4v) is 2.57. The van der Waals surface area contributed by atoms with E-state index in [1.54, 1.807) is 0 Å². The number of carbonyl (C=O) groups is 2. The van der Waals surface area contributed by atoms with Crippen LogP contribution in [0.3, 0.4) is 0 Å². The molecule has 102 valence electrons. The molecule has 2 amide bonds. The quantitative estimate of drug-likeness (QED) is 0.675. The van der Waals surface area contributed by atoms with E-state index in [9.17, 15) is 9.59 Å². The highest BCUT2D eigenvalue weighted by Gasteiger charge is 2.40. The van der Waals surface area contributed by atoms with E-state index in [-0.39, 0.29) is 23.7 Å². The number of amides is 2. The minimum atomic E-state index is -0.107. The summed E-state index contributed by atoms with van der Waals surface area (Å²) in [6.07, 6.45) is 0.393. The third kappa shape index (κ3) is 2.72. The van der Waals surface area contributed by atoms with Crippen LogP contribution in [0.15, 0.2) is 0 Å². The van der Waals surface area contributed by atoms with Gasteiger partial charge < -0.3 is 4.90 Å². The summed E-state index contributed by atoms with van der Waals surface area (Å²) in [5, 5.41) is 0. The molecule has 18 heavy (non-hydrogen) atoms. The number of nitrogens with zero attached hydrogens (tertiary/aromatic N) is 3. The maximum absolute atomic E-state index is 12.2. The van der Waals surface area contributed by atoms with E-state index in [4.69, 9.17) is 0 Å². The Hall–Kier alpha value is -0.940. The van der Waals surface area contributed by atoms with Crippen molar-refractivity contribution in [2.24, 2.45) is 11.8 Å². The van der Waals surface area contributed by atoms with Crippen LogP contribution in [0, 0.1) is 11.8 Å². The predicted octanol–water partition coefficient (Wildman–Crippen LogP) is 0.222. The van der Waals surface area contributed by atoms with Crippen LogP contribution < -0.4 is 0 Å². The zero-order chi connectivity index (χ0) is 13.3. The number of carbonyl (C=O) groups excluding carboxylic acids is 2. The molecule has 0 spiro atoms. The van der Waals surface area contributed by atoms with Crippen molar-refractivity contribution in [3.63, 3.8) is 0 Å². The van der Waals surface area contributed by atoms with Crippen LogP contribution in [0.4, 0.5) is 0 Å². The van der Waals surface area contributed by atoms with Crippen molar-refractivity contribution < 1.29 is 9.59 Å². The molecular formula is C13H23N3O2. The van der Waals surface area contributed by atoms with Gasteiger partial charge in [-0.3, -0.25) is 19.4 Å². The first-order valence-corrected chi connectivity index (χ1v) is 6.74. The van der Waals surface area contributed by atoms with Gasteiger partial charge in [-0.05, 0) is 13.0 Å². The predicted molar refractivity (Wildman–Crippen MR) is 68.7 cm³/mol. The highest BCUT2D eigenvalue weighted by molar-refractivity contribution is 6.03. The molecule has 0 radical (unpaired) electrons. The standard InChI is InChI=1S/C13H23N3O2/c1-10(2)11-8-12(17)16(13(11)18)9-15-6-4-14(3)5-7-15/h10-11H,4-9H2,1-3H3. The van der Waals surface area contributed by atoms with Crippen molar-refractivity contribution in [3.8, 4) is 0 Å². The third-order valence-corrected chi connectivity index (χ3v) is 4.02. The van der Waals surface area contributed by atoms with E-state index in [0.29, 0.717) is 13.1 Å². The van der Waals surface area contributed by atoms with Gasteiger partial charge in [-0.1, -0.05) is 13.8 Å². The lowest BCUT2D eigenvalue weighted by Gasteiger charge is -2.34. The molecule has 2 aliphatic rings. The molecule has 0 aromatic rings. The molecule has 2 heterocycles. The molecule has 2 fully saturated rings. The number of rotatable bonds is 3. The van der Waals surface area contributed by atoms with Crippen molar-refractivity contribution in [3.05, 3.63) is 0 Å². The van der Waals surface area contributed by atoms with Crippen LogP contribution in [-0.2, 0) is 9.59 Å². The SMILES string of the molecule is CC(C)C1CC(=O)N(CN2CCN(C)CC2)C1=O. The highest BCUT2D eigenvalue weighted by atomic mass is 16.2. The summed E-state index contributed by atoms with van der Waals surface area (Å²) >= 11 is 0. The average Bonchev–Trinajstić information content (AvgIpc) is 2.60. The normalized spacial score (nSPS) is 27.6. The molecule has 1 atom stereocenters. The molecule has 2 saturated heterocycles. The van der Waals surface area contributed by atoms with Crippen LogP contribution in [0.25, 0.3) is 0 Å². The van der Waals surface area contributed by atoms with Gasteiger partial charge in [0, 0.05) is 38.5 Å². The number of hydrogen-bond donors (Lipinski definition) is 0. The Morgan fingerprint density at radius 2 is 1.78 bits per heavy atom. The van der Waals surface area contributed by atoms with Crippen LogP contribution >= 0.6 is 0 Å². The van der Waals surface area contributed by atoms with Gasteiger partial charge in [0.1, 0.15) is 0 Å². The zero-order valence-electron chi connectivity index (χ0n) is 11.6. The number of piperazine rings is 1. The monoisotopic (exact) mass is 253 g/mol. The number of hydrogen-bond acceptors (Lipinski definition) is 4. The lowest BCUT2D eigenvalue weighted by Crippen LogP contribution is -2.50. The second kappa shape index (κ2) is 5.36. The van der Waals surface area contributed by atoms with Crippen LogP contribution in [0.1, 0.15) is 20.3 Å².